The Morgan fingerprint density at radius 2 is 2.14 bits per heavy atom. The first-order chi connectivity index (χ1) is 10.0. The molecule has 0 aliphatic heterocycles. The summed E-state index contributed by atoms with van der Waals surface area (Å²) >= 11 is 0. The smallest absolute Gasteiger partial charge is 0.332 e. The number of nitrogens with zero attached hydrogens (tertiary/aromatic N) is 2. The molecule has 0 saturated heterocycles. The highest BCUT2D eigenvalue weighted by Gasteiger charge is 2.12. The number of carbonyl (C=O) groups excluding carboxylic acids is 1. The molecule has 0 bridgehead atoms. The fourth-order valence-corrected chi connectivity index (χ4v) is 1.94. The molecule has 1 aromatic heterocycles. The maximum atomic E-state index is 11.4. The Bertz CT molecular complexity index is 751. The number of methoxy groups -OCH3 is 1. The number of rotatable bonds is 5. The first-order valence-corrected chi connectivity index (χ1v) is 6.01. The Labute approximate surface area is 119 Å². The van der Waals surface area contributed by atoms with Crippen LogP contribution in [0.3, 0.4) is 0 Å². The largest absolute Gasteiger partial charge is 0.496 e. The van der Waals surface area contributed by atoms with Crippen LogP contribution in [-0.4, -0.2) is 22.9 Å². The lowest BCUT2D eigenvalue weighted by atomic mass is 10.1. The molecule has 21 heavy (non-hydrogen) atoms. The number of aldehydes is 1. The zero-order valence-corrected chi connectivity index (χ0v) is 11.2. The molecule has 0 amide bonds. The van der Waals surface area contributed by atoms with E-state index in [2.05, 4.69) is 0 Å². The number of pyridine rings is 1. The van der Waals surface area contributed by atoms with Crippen LogP contribution in [0.15, 0.2) is 41.5 Å². The first-order valence-electron chi connectivity index (χ1n) is 6.01. The van der Waals surface area contributed by atoms with Gasteiger partial charge in [-0.1, -0.05) is 0 Å². The van der Waals surface area contributed by atoms with Gasteiger partial charge >= 0.3 is 5.69 Å². The van der Waals surface area contributed by atoms with E-state index in [1.807, 2.05) is 0 Å². The van der Waals surface area contributed by atoms with Gasteiger partial charge in [-0.2, -0.15) is 0 Å². The highest BCUT2D eigenvalue weighted by Crippen LogP contribution is 2.20. The average Bonchev–Trinajstić information content (AvgIpc) is 2.48. The molecule has 1 aromatic carbocycles. The number of nitro groups is 1. The minimum atomic E-state index is -0.724. The third-order valence-electron chi connectivity index (χ3n) is 2.95. The summed E-state index contributed by atoms with van der Waals surface area (Å²) in [7, 11) is 1.49. The Balaban J connectivity index is 2.42. The van der Waals surface area contributed by atoms with Gasteiger partial charge in [0.1, 0.15) is 12.0 Å². The molecular weight excluding hydrogens is 276 g/mol. The number of hydrogen-bond acceptors (Lipinski definition) is 5. The van der Waals surface area contributed by atoms with Crippen molar-refractivity contribution in [1.29, 1.82) is 0 Å². The summed E-state index contributed by atoms with van der Waals surface area (Å²) in [5.74, 6) is 0.557. The molecule has 7 nitrogen and oxygen atoms in total. The summed E-state index contributed by atoms with van der Waals surface area (Å²) in [5, 5.41) is 10.8. The van der Waals surface area contributed by atoms with E-state index in [-0.39, 0.29) is 6.54 Å². The zero-order valence-electron chi connectivity index (χ0n) is 11.2. The van der Waals surface area contributed by atoms with Crippen LogP contribution in [0.2, 0.25) is 0 Å². The van der Waals surface area contributed by atoms with Crippen molar-refractivity contribution in [3.63, 3.8) is 0 Å². The second-order valence-electron chi connectivity index (χ2n) is 4.31. The van der Waals surface area contributed by atoms with Gasteiger partial charge in [0.15, 0.2) is 0 Å². The molecular formula is C14H12N2O5. The van der Waals surface area contributed by atoms with Gasteiger partial charge in [-0.05, 0) is 18.2 Å². The van der Waals surface area contributed by atoms with Crippen LogP contribution in [0.25, 0.3) is 0 Å². The van der Waals surface area contributed by atoms with Gasteiger partial charge in [-0.25, -0.2) is 0 Å². The van der Waals surface area contributed by atoms with Crippen LogP contribution in [0.4, 0.5) is 5.69 Å². The van der Waals surface area contributed by atoms with E-state index in [0.29, 0.717) is 23.2 Å². The molecule has 0 spiro atoms. The number of ether oxygens (including phenoxy) is 1. The second-order valence-corrected chi connectivity index (χ2v) is 4.31. The Morgan fingerprint density at radius 3 is 2.76 bits per heavy atom. The molecule has 0 fully saturated rings. The van der Waals surface area contributed by atoms with Crippen molar-refractivity contribution in [3.8, 4) is 5.75 Å². The minimum absolute atomic E-state index is 0.242. The van der Waals surface area contributed by atoms with Gasteiger partial charge in [0.05, 0.1) is 24.8 Å². The summed E-state index contributed by atoms with van der Waals surface area (Å²) in [6.07, 6.45) is 3.31. The van der Waals surface area contributed by atoms with Gasteiger partial charge in [0.25, 0.3) is 5.43 Å². The lowest BCUT2D eigenvalue weighted by molar-refractivity contribution is -0.386. The number of aromatic nitrogens is 1. The summed E-state index contributed by atoms with van der Waals surface area (Å²) in [4.78, 5) is 32.2. The molecule has 0 saturated carbocycles. The van der Waals surface area contributed by atoms with Gasteiger partial charge in [0.2, 0.25) is 0 Å². The summed E-state index contributed by atoms with van der Waals surface area (Å²) < 4.78 is 6.69. The van der Waals surface area contributed by atoms with Crippen molar-refractivity contribution in [2.24, 2.45) is 0 Å². The maximum absolute atomic E-state index is 11.4. The van der Waals surface area contributed by atoms with Gasteiger partial charge in [0, 0.05) is 23.4 Å². The standard InChI is InChI=1S/C14H12N2O5/c1-21-14-3-2-10(9-17)6-11(14)7-15-5-4-13(18)12(8-15)16(19)20/h2-6,8-9H,7H2,1H3. The summed E-state index contributed by atoms with van der Waals surface area (Å²) in [5.41, 5.74) is 0.00857. The molecule has 0 unspecified atom stereocenters. The van der Waals surface area contributed by atoms with Crippen molar-refractivity contribution in [1.82, 2.24) is 4.57 Å². The molecule has 2 aromatic rings. The van der Waals surface area contributed by atoms with E-state index in [0.717, 1.165) is 12.3 Å². The molecule has 0 radical (unpaired) electrons. The van der Waals surface area contributed by atoms with E-state index in [4.69, 9.17) is 4.74 Å². The molecule has 1 heterocycles. The number of benzene rings is 1. The normalized spacial score (nSPS) is 10.1. The fourth-order valence-electron chi connectivity index (χ4n) is 1.94. The van der Waals surface area contributed by atoms with Crippen LogP contribution in [-0.2, 0) is 6.54 Å². The molecule has 0 atom stereocenters. The fraction of sp³-hybridized carbons (Fsp3) is 0.143. The summed E-state index contributed by atoms with van der Waals surface area (Å²) in [6.45, 7) is 0.242. The van der Waals surface area contributed by atoms with Gasteiger partial charge in [-0.15, -0.1) is 0 Å². The zero-order chi connectivity index (χ0) is 15.4. The van der Waals surface area contributed by atoms with Crippen LogP contribution in [0, 0.1) is 10.1 Å². The molecule has 0 N–H and O–H groups in total. The van der Waals surface area contributed by atoms with Crippen LogP contribution < -0.4 is 10.2 Å². The molecule has 7 heteroatoms. The van der Waals surface area contributed by atoms with Crippen LogP contribution in [0.1, 0.15) is 15.9 Å². The van der Waals surface area contributed by atoms with Crippen molar-refractivity contribution < 1.29 is 14.5 Å². The van der Waals surface area contributed by atoms with E-state index in [1.165, 1.54) is 17.9 Å². The number of hydrogen-bond donors (Lipinski definition) is 0. The van der Waals surface area contributed by atoms with Crippen molar-refractivity contribution >= 4 is 12.0 Å². The Morgan fingerprint density at radius 1 is 1.38 bits per heavy atom. The summed E-state index contributed by atoms with van der Waals surface area (Å²) in [6, 6.07) is 6.03. The SMILES string of the molecule is COc1ccc(C=O)cc1Cn1ccc(=O)c([N+](=O)[O-])c1. The predicted molar refractivity (Wildman–Crippen MR) is 74.8 cm³/mol. The number of carbonyl (C=O) groups is 1. The second kappa shape index (κ2) is 6.00. The molecule has 0 aliphatic carbocycles. The maximum Gasteiger partial charge on any atom is 0.332 e. The van der Waals surface area contributed by atoms with E-state index in [9.17, 15) is 19.7 Å². The van der Waals surface area contributed by atoms with E-state index < -0.39 is 16.0 Å². The average molecular weight is 288 g/mol. The van der Waals surface area contributed by atoms with Crippen molar-refractivity contribution in [3.05, 3.63) is 68.1 Å². The highest BCUT2D eigenvalue weighted by atomic mass is 16.6. The Hall–Kier alpha value is -2.96. The third kappa shape index (κ3) is 3.14. The molecule has 0 aliphatic rings. The minimum Gasteiger partial charge on any atom is -0.496 e. The highest BCUT2D eigenvalue weighted by molar-refractivity contribution is 5.75. The molecule has 108 valence electrons. The first kappa shape index (κ1) is 14.4. The molecule has 2 rings (SSSR count). The van der Waals surface area contributed by atoms with Gasteiger partial charge < -0.3 is 9.30 Å². The van der Waals surface area contributed by atoms with E-state index in [1.54, 1.807) is 18.2 Å². The van der Waals surface area contributed by atoms with Crippen molar-refractivity contribution in [2.45, 2.75) is 6.54 Å². The third-order valence-corrected chi connectivity index (χ3v) is 2.95. The quantitative estimate of drug-likeness (QED) is 0.473. The topological polar surface area (TPSA) is 91.4 Å². The van der Waals surface area contributed by atoms with Crippen LogP contribution >= 0.6 is 0 Å². The van der Waals surface area contributed by atoms with Crippen molar-refractivity contribution in [2.75, 3.05) is 7.11 Å². The Kier molecular flexibility index (Phi) is 4.13. The van der Waals surface area contributed by atoms with E-state index >= 15 is 0 Å². The van der Waals surface area contributed by atoms with Gasteiger partial charge in [-0.3, -0.25) is 19.7 Å². The van der Waals surface area contributed by atoms with Crippen LogP contribution in [0.5, 0.6) is 5.75 Å². The predicted octanol–water partition coefficient (Wildman–Crippen LogP) is 1.63. The monoisotopic (exact) mass is 288 g/mol. The lowest BCUT2D eigenvalue weighted by Crippen LogP contribution is -2.11. The lowest BCUT2D eigenvalue weighted by Gasteiger charge is -2.11.